The summed E-state index contributed by atoms with van der Waals surface area (Å²) >= 11 is 6.77. The molecule has 0 saturated carbocycles. The van der Waals surface area contributed by atoms with Gasteiger partial charge in [-0.3, -0.25) is 0 Å². The highest BCUT2D eigenvalue weighted by molar-refractivity contribution is 6.70. The molecule has 0 bridgehead atoms. The second kappa shape index (κ2) is 14.3. The number of hydrogen-bond donors (Lipinski definition) is 2. The fourth-order valence-corrected chi connectivity index (χ4v) is 8.93. The minimum Gasteiger partial charge on any atom is -0.494 e. The minimum atomic E-state index is -2.28. The lowest BCUT2D eigenvalue weighted by atomic mass is 9.81. The first-order valence-electron chi connectivity index (χ1n) is 15.3. The van der Waals surface area contributed by atoms with Gasteiger partial charge in [-0.25, -0.2) is 0 Å². The predicted octanol–water partition coefficient (Wildman–Crippen LogP) is 6.54. The molecule has 2 N–H and O–H groups in total. The average molecular weight is 685 g/mol. The highest BCUT2D eigenvalue weighted by atomic mass is 35.5. The largest absolute Gasteiger partial charge is 0.494 e. The van der Waals surface area contributed by atoms with Gasteiger partial charge in [0.25, 0.3) is 0 Å². The molecule has 248 valence electrons. The van der Waals surface area contributed by atoms with Gasteiger partial charge in [0.05, 0.1) is 19.8 Å². The Hall–Kier alpha value is -1.10. The van der Waals surface area contributed by atoms with E-state index in [1.807, 2.05) is 49.4 Å². The zero-order valence-electron chi connectivity index (χ0n) is 28.3. The molecule has 1 saturated heterocycles. The van der Waals surface area contributed by atoms with Crippen LogP contribution in [0.25, 0.3) is 0 Å². The lowest BCUT2D eigenvalue weighted by Gasteiger charge is -2.59. The van der Waals surface area contributed by atoms with Crippen molar-refractivity contribution in [1.29, 1.82) is 0 Å². The Morgan fingerprint density at radius 3 is 1.82 bits per heavy atom. The van der Waals surface area contributed by atoms with Gasteiger partial charge in [0, 0.05) is 17.7 Å². The first kappa shape index (κ1) is 37.4. The first-order valence-corrected chi connectivity index (χ1v) is 25.9. The van der Waals surface area contributed by atoms with Gasteiger partial charge in [0.1, 0.15) is 29.7 Å². The highest BCUT2D eigenvalue weighted by Gasteiger charge is 2.65. The third-order valence-electron chi connectivity index (χ3n) is 7.21. The van der Waals surface area contributed by atoms with Crippen LogP contribution >= 0.6 is 11.6 Å². The maximum atomic E-state index is 11.0. The van der Waals surface area contributed by atoms with Crippen molar-refractivity contribution in [2.75, 3.05) is 26.9 Å². The monoisotopic (exact) mass is 684 g/mol. The fraction of sp³-hybridized carbons (Fsp3) is 0.625. The molecular formula is C32H53ClO8Si3. The summed E-state index contributed by atoms with van der Waals surface area (Å²) in [6.45, 7) is 20.3. The lowest BCUT2D eigenvalue weighted by Crippen LogP contribution is -2.75. The quantitative estimate of drug-likeness (QED) is 0.217. The Kier molecular flexibility index (Phi) is 12.2. The van der Waals surface area contributed by atoms with Gasteiger partial charge < -0.3 is 37.7 Å². The van der Waals surface area contributed by atoms with Crippen molar-refractivity contribution in [3.05, 3.63) is 64.2 Å². The van der Waals surface area contributed by atoms with Crippen LogP contribution in [0.4, 0.5) is 0 Å². The van der Waals surface area contributed by atoms with Gasteiger partial charge in [-0.2, -0.15) is 0 Å². The SMILES string of the molecule is CCOc1ccc(Cc2cc([C@]3(OC)OC(CO)(CO)[C@@H](O[Si](C)(C)C)[C@H](O[Si](C)(C)C)[C@H]3O[Si](C)(C)C)ccc2Cl)cc1. The van der Waals surface area contributed by atoms with E-state index >= 15 is 0 Å². The van der Waals surface area contributed by atoms with E-state index in [2.05, 4.69) is 58.9 Å². The fourth-order valence-electron chi connectivity index (χ4n) is 5.52. The Bertz CT molecular complexity index is 1220. The van der Waals surface area contributed by atoms with Crippen molar-refractivity contribution < 1.29 is 37.7 Å². The maximum Gasteiger partial charge on any atom is 0.224 e. The summed E-state index contributed by atoms with van der Waals surface area (Å²) in [5.74, 6) is -0.752. The molecule has 0 spiro atoms. The van der Waals surface area contributed by atoms with Crippen LogP contribution in [0.3, 0.4) is 0 Å². The smallest absolute Gasteiger partial charge is 0.224 e. The molecule has 1 aliphatic rings. The molecule has 0 aliphatic carbocycles. The molecule has 0 amide bonds. The molecular weight excluding hydrogens is 632 g/mol. The Morgan fingerprint density at radius 2 is 1.34 bits per heavy atom. The number of aliphatic hydroxyl groups is 2. The van der Waals surface area contributed by atoms with Crippen molar-refractivity contribution in [2.24, 2.45) is 0 Å². The normalized spacial score (nSPS) is 24.4. The molecule has 2 aromatic carbocycles. The predicted molar refractivity (Wildman–Crippen MR) is 183 cm³/mol. The summed E-state index contributed by atoms with van der Waals surface area (Å²) in [4.78, 5) is 0. The zero-order valence-corrected chi connectivity index (χ0v) is 32.1. The second-order valence-electron chi connectivity index (χ2n) is 14.4. The molecule has 12 heteroatoms. The summed E-state index contributed by atoms with van der Waals surface area (Å²) in [6, 6.07) is 13.6. The summed E-state index contributed by atoms with van der Waals surface area (Å²) < 4.78 is 39.5. The van der Waals surface area contributed by atoms with Gasteiger partial charge in [-0.15, -0.1) is 0 Å². The van der Waals surface area contributed by atoms with E-state index in [1.54, 1.807) is 7.11 Å². The molecule has 0 aromatic heterocycles. The van der Waals surface area contributed by atoms with Crippen LogP contribution in [0.15, 0.2) is 42.5 Å². The second-order valence-corrected chi connectivity index (χ2v) is 28.2. The van der Waals surface area contributed by atoms with Crippen LogP contribution in [0.2, 0.25) is 63.9 Å². The third kappa shape index (κ3) is 9.03. The van der Waals surface area contributed by atoms with Crippen LogP contribution in [0, 0.1) is 0 Å². The Balaban J connectivity index is 2.26. The number of ether oxygens (including phenoxy) is 3. The number of rotatable bonds is 14. The van der Waals surface area contributed by atoms with Crippen molar-refractivity contribution in [3.63, 3.8) is 0 Å². The van der Waals surface area contributed by atoms with Crippen LogP contribution in [0.1, 0.15) is 23.6 Å². The van der Waals surface area contributed by atoms with E-state index in [9.17, 15) is 10.2 Å². The molecule has 8 nitrogen and oxygen atoms in total. The molecule has 0 radical (unpaired) electrons. The topological polar surface area (TPSA) is 95.8 Å². The number of benzene rings is 2. The minimum absolute atomic E-state index is 0.512. The molecule has 2 aromatic rings. The standard InChI is InChI=1S/C32H53ClO8Si3/c1-12-37-26-16-13-23(14-17-26)19-24-20-25(15-18-27(24)33)32(36-2)30(40-44(9,10)11)28(38-42(3,4)5)29(39-43(6,7)8)31(21-34,22-35)41-32/h13-18,20,28-30,34-35H,12,19,21-22H2,1-11H3/t28-,29-,30+,32-/m0/s1. The van der Waals surface area contributed by atoms with Gasteiger partial charge in [-0.1, -0.05) is 29.8 Å². The maximum absolute atomic E-state index is 11.0. The first-order chi connectivity index (χ1) is 20.3. The van der Waals surface area contributed by atoms with Crippen molar-refractivity contribution in [1.82, 2.24) is 0 Å². The molecule has 1 fully saturated rings. The van der Waals surface area contributed by atoms with Crippen LogP contribution in [-0.2, 0) is 35.0 Å². The van der Waals surface area contributed by atoms with E-state index in [1.165, 1.54) is 0 Å². The van der Waals surface area contributed by atoms with Gasteiger partial charge in [0.15, 0.2) is 25.0 Å². The highest BCUT2D eigenvalue weighted by Crippen LogP contribution is 2.49. The van der Waals surface area contributed by atoms with Crippen LogP contribution in [-0.4, -0.2) is 86.0 Å². The number of aliphatic hydroxyl groups excluding tert-OH is 2. The molecule has 1 heterocycles. The van der Waals surface area contributed by atoms with Crippen molar-refractivity contribution in [3.8, 4) is 5.75 Å². The molecule has 1 aliphatic heterocycles. The van der Waals surface area contributed by atoms with E-state index in [4.69, 9.17) is 39.1 Å². The van der Waals surface area contributed by atoms with Crippen molar-refractivity contribution in [2.45, 2.75) is 102 Å². The van der Waals surface area contributed by atoms with E-state index in [0.717, 1.165) is 16.9 Å². The number of methoxy groups -OCH3 is 1. The number of halogens is 1. The summed E-state index contributed by atoms with van der Waals surface area (Å²) in [7, 11) is -5.24. The lowest BCUT2D eigenvalue weighted by molar-refractivity contribution is -0.394. The molecule has 4 atom stereocenters. The van der Waals surface area contributed by atoms with Gasteiger partial charge in [0.2, 0.25) is 5.79 Å². The van der Waals surface area contributed by atoms with Gasteiger partial charge >= 0.3 is 0 Å². The third-order valence-corrected chi connectivity index (χ3v) is 10.5. The molecule has 0 unspecified atom stereocenters. The van der Waals surface area contributed by atoms with E-state index in [0.29, 0.717) is 23.6 Å². The summed E-state index contributed by atoms with van der Waals surface area (Å²) in [6.07, 6.45) is -1.74. The Labute approximate surface area is 272 Å². The molecule has 3 rings (SSSR count). The Morgan fingerprint density at radius 1 is 0.795 bits per heavy atom. The molecule has 44 heavy (non-hydrogen) atoms. The van der Waals surface area contributed by atoms with E-state index < -0.39 is 67.9 Å². The van der Waals surface area contributed by atoms with Crippen LogP contribution in [0.5, 0.6) is 5.75 Å². The number of hydrogen-bond acceptors (Lipinski definition) is 8. The van der Waals surface area contributed by atoms with Crippen molar-refractivity contribution >= 4 is 36.6 Å². The summed E-state index contributed by atoms with van der Waals surface area (Å²) in [5, 5.41) is 22.5. The summed E-state index contributed by atoms with van der Waals surface area (Å²) in [5.41, 5.74) is 1.02. The van der Waals surface area contributed by atoms with Crippen LogP contribution < -0.4 is 4.74 Å². The zero-order chi connectivity index (χ0) is 33.1. The van der Waals surface area contributed by atoms with Gasteiger partial charge in [-0.05, 0) is 108 Å². The average Bonchev–Trinajstić information content (AvgIpc) is 2.91. The van der Waals surface area contributed by atoms with E-state index in [-0.39, 0.29) is 0 Å².